The molecular weight excluding hydrogens is 252 g/mol. The third-order valence-corrected chi connectivity index (χ3v) is 3.19. The lowest BCUT2D eigenvalue weighted by atomic mass is 10.1. The van der Waals surface area contributed by atoms with E-state index in [-0.39, 0.29) is 6.61 Å². The molecule has 0 aliphatic heterocycles. The number of hydrogen-bond donors (Lipinski definition) is 2. The summed E-state index contributed by atoms with van der Waals surface area (Å²) in [5.74, 6) is 1.09. The van der Waals surface area contributed by atoms with Crippen LogP contribution in [0.25, 0.3) is 11.3 Å². The molecule has 1 aromatic carbocycles. The number of nitrogen functional groups attached to an aromatic ring is 1. The van der Waals surface area contributed by atoms with Crippen LogP contribution in [0, 0.1) is 0 Å². The Morgan fingerprint density at radius 1 is 1.15 bits per heavy atom. The van der Waals surface area contributed by atoms with Gasteiger partial charge in [0.1, 0.15) is 5.82 Å². The molecular formula is C15H20N4O. The Labute approximate surface area is 119 Å². The highest BCUT2D eigenvalue weighted by molar-refractivity contribution is 5.64. The summed E-state index contributed by atoms with van der Waals surface area (Å²) in [5, 5.41) is 9.22. The van der Waals surface area contributed by atoms with E-state index in [4.69, 9.17) is 5.73 Å². The van der Waals surface area contributed by atoms with Crippen molar-refractivity contribution in [3.05, 3.63) is 35.9 Å². The highest BCUT2D eigenvalue weighted by atomic mass is 16.3. The van der Waals surface area contributed by atoms with Gasteiger partial charge in [0.25, 0.3) is 0 Å². The van der Waals surface area contributed by atoms with Crippen LogP contribution in [0.15, 0.2) is 30.3 Å². The summed E-state index contributed by atoms with van der Waals surface area (Å²) in [6, 6.07) is 9.39. The Balaban J connectivity index is 2.45. The molecule has 0 radical (unpaired) electrons. The number of anilines is 2. The van der Waals surface area contributed by atoms with Crippen LogP contribution in [0.5, 0.6) is 0 Å². The van der Waals surface area contributed by atoms with Gasteiger partial charge < -0.3 is 15.7 Å². The van der Waals surface area contributed by atoms with Gasteiger partial charge in [0.15, 0.2) is 0 Å². The second kappa shape index (κ2) is 6.34. The van der Waals surface area contributed by atoms with Crippen molar-refractivity contribution in [1.29, 1.82) is 0 Å². The first-order valence-corrected chi connectivity index (χ1v) is 6.77. The second-order valence-corrected chi connectivity index (χ2v) is 4.51. The smallest absolute Gasteiger partial charge is 0.227 e. The van der Waals surface area contributed by atoms with Crippen molar-refractivity contribution in [2.75, 3.05) is 23.7 Å². The van der Waals surface area contributed by atoms with E-state index < -0.39 is 0 Å². The topological polar surface area (TPSA) is 75.3 Å². The number of rotatable bonds is 5. The van der Waals surface area contributed by atoms with Gasteiger partial charge in [-0.15, -0.1) is 0 Å². The molecule has 0 unspecified atom stereocenters. The molecule has 3 N–H and O–H groups in total. The second-order valence-electron chi connectivity index (χ2n) is 4.51. The Morgan fingerprint density at radius 2 is 1.90 bits per heavy atom. The molecule has 2 rings (SSSR count). The molecule has 0 atom stereocenters. The zero-order chi connectivity index (χ0) is 14.5. The Kier molecular flexibility index (Phi) is 4.53. The number of nitrogens with zero attached hydrogens (tertiary/aromatic N) is 3. The molecule has 0 saturated heterocycles. The highest BCUT2D eigenvalue weighted by Crippen LogP contribution is 2.22. The van der Waals surface area contributed by atoms with E-state index in [9.17, 15) is 5.11 Å². The molecule has 0 aliphatic carbocycles. The van der Waals surface area contributed by atoms with E-state index >= 15 is 0 Å². The number of hydrogen-bond acceptors (Lipinski definition) is 5. The largest absolute Gasteiger partial charge is 0.392 e. The van der Waals surface area contributed by atoms with E-state index in [0.29, 0.717) is 11.8 Å². The van der Waals surface area contributed by atoms with Crippen LogP contribution in [-0.2, 0) is 6.61 Å². The first kappa shape index (κ1) is 14.3. The van der Waals surface area contributed by atoms with Crippen LogP contribution in [0.1, 0.15) is 19.4 Å². The van der Waals surface area contributed by atoms with Gasteiger partial charge in [0.05, 0.1) is 12.3 Å². The van der Waals surface area contributed by atoms with E-state index in [1.807, 2.05) is 24.3 Å². The third kappa shape index (κ3) is 3.05. The van der Waals surface area contributed by atoms with Crippen molar-refractivity contribution >= 4 is 11.8 Å². The minimum absolute atomic E-state index is 0.0112. The molecule has 0 spiro atoms. The number of aliphatic hydroxyl groups excluding tert-OH is 1. The molecule has 106 valence electrons. The quantitative estimate of drug-likeness (QED) is 0.871. The maximum atomic E-state index is 9.22. The minimum Gasteiger partial charge on any atom is -0.392 e. The molecule has 5 heteroatoms. The number of aliphatic hydroxyl groups is 1. The van der Waals surface area contributed by atoms with Crippen LogP contribution < -0.4 is 10.6 Å². The van der Waals surface area contributed by atoms with Gasteiger partial charge in [-0.3, -0.25) is 0 Å². The normalized spacial score (nSPS) is 10.6. The van der Waals surface area contributed by atoms with E-state index in [1.54, 1.807) is 6.07 Å². The summed E-state index contributed by atoms with van der Waals surface area (Å²) in [6.45, 7) is 5.79. The molecule has 1 aromatic heterocycles. The molecule has 0 fully saturated rings. The van der Waals surface area contributed by atoms with Crippen molar-refractivity contribution in [3.8, 4) is 11.3 Å². The molecule has 2 aromatic rings. The van der Waals surface area contributed by atoms with Gasteiger partial charge in [-0.2, -0.15) is 4.98 Å². The summed E-state index contributed by atoms with van der Waals surface area (Å²) in [5.41, 5.74) is 8.44. The van der Waals surface area contributed by atoms with E-state index in [0.717, 1.165) is 29.9 Å². The first-order chi connectivity index (χ1) is 9.67. The van der Waals surface area contributed by atoms with Gasteiger partial charge in [-0.25, -0.2) is 4.98 Å². The monoisotopic (exact) mass is 272 g/mol. The lowest BCUT2D eigenvalue weighted by Crippen LogP contribution is -2.24. The molecule has 5 nitrogen and oxygen atoms in total. The van der Waals surface area contributed by atoms with Gasteiger partial charge >= 0.3 is 0 Å². The predicted octanol–water partition coefficient (Wildman–Crippen LogP) is 2.06. The lowest BCUT2D eigenvalue weighted by molar-refractivity contribution is 0.282. The number of benzene rings is 1. The average Bonchev–Trinajstić information content (AvgIpc) is 2.48. The standard InChI is InChI=1S/C15H20N4O/c1-3-19(4-2)15-17-13(9-14(16)18-15)12-7-5-6-11(8-12)10-20/h5-9,20H,3-4,10H2,1-2H3,(H2,16,17,18). The fourth-order valence-corrected chi connectivity index (χ4v) is 2.08. The van der Waals surface area contributed by atoms with Gasteiger partial charge in [-0.05, 0) is 25.5 Å². The minimum atomic E-state index is 0.0112. The third-order valence-electron chi connectivity index (χ3n) is 3.19. The number of nitrogens with two attached hydrogens (primary N) is 1. The summed E-state index contributed by atoms with van der Waals surface area (Å²) in [6.07, 6.45) is 0. The summed E-state index contributed by atoms with van der Waals surface area (Å²) in [7, 11) is 0. The first-order valence-electron chi connectivity index (χ1n) is 6.77. The Bertz CT molecular complexity index is 582. The highest BCUT2D eigenvalue weighted by Gasteiger charge is 2.10. The van der Waals surface area contributed by atoms with E-state index in [1.165, 1.54) is 0 Å². The maximum Gasteiger partial charge on any atom is 0.227 e. The summed E-state index contributed by atoms with van der Waals surface area (Å²) < 4.78 is 0. The van der Waals surface area contributed by atoms with Crippen LogP contribution in [0.2, 0.25) is 0 Å². The molecule has 0 amide bonds. The van der Waals surface area contributed by atoms with Crippen LogP contribution in [0.4, 0.5) is 11.8 Å². The SMILES string of the molecule is CCN(CC)c1nc(N)cc(-c2cccc(CO)c2)n1. The van der Waals surface area contributed by atoms with Gasteiger partial charge in [0.2, 0.25) is 5.95 Å². The Hall–Kier alpha value is -2.14. The molecule has 0 aliphatic rings. The van der Waals surface area contributed by atoms with Crippen molar-refractivity contribution in [3.63, 3.8) is 0 Å². The van der Waals surface area contributed by atoms with Crippen LogP contribution >= 0.6 is 0 Å². The fraction of sp³-hybridized carbons (Fsp3) is 0.333. The zero-order valence-electron chi connectivity index (χ0n) is 11.9. The average molecular weight is 272 g/mol. The molecule has 0 saturated carbocycles. The van der Waals surface area contributed by atoms with Crippen molar-refractivity contribution in [1.82, 2.24) is 9.97 Å². The predicted molar refractivity (Wildman–Crippen MR) is 81.4 cm³/mol. The lowest BCUT2D eigenvalue weighted by Gasteiger charge is -2.19. The van der Waals surface area contributed by atoms with Gasteiger partial charge in [0, 0.05) is 24.7 Å². The Morgan fingerprint density at radius 3 is 2.55 bits per heavy atom. The fourth-order valence-electron chi connectivity index (χ4n) is 2.08. The summed E-state index contributed by atoms with van der Waals surface area (Å²) >= 11 is 0. The molecule has 0 bridgehead atoms. The van der Waals surface area contributed by atoms with Crippen LogP contribution in [-0.4, -0.2) is 28.2 Å². The van der Waals surface area contributed by atoms with Crippen molar-refractivity contribution < 1.29 is 5.11 Å². The summed E-state index contributed by atoms with van der Waals surface area (Å²) in [4.78, 5) is 10.9. The van der Waals surface area contributed by atoms with Crippen molar-refractivity contribution in [2.24, 2.45) is 0 Å². The molecule has 20 heavy (non-hydrogen) atoms. The zero-order valence-corrected chi connectivity index (χ0v) is 11.9. The molecule has 1 heterocycles. The van der Waals surface area contributed by atoms with Crippen LogP contribution in [0.3, 0.4) is 0 Å². The number of aromatic nitrogens is 2. The maximum absolute atomic E-state index is 9.22. The van der Waals surface area contributed by atoms with E-state index in [2.05, 4.69) is 28.7 Å². The van der Waals surface area contributed by atoms with Crippen molar-refractivity contribution in [2.45, 2.75) is 20.5 Å². The van der Waals surface area contributed by atoms with Gasteiger partial charge in [-0.1, -0.05) is 18.2 Å².